The van der Waals surface area contributed by atoms with Gasteiger partial charge in [0.1, 0.15) is 5.69 Å². The fourth-order valence-electron chi connectivity index (χ4n) is 3.36. The van der Waals surface area contributed by atoms with Gasteiger partial charge >= 0.3 is 0 Å². The standard InChI is InChI=1S/C16H23N3O2/c1-10-6-15(16(19(20)21)7-11(10)2)17-13-8-12(3)18(9-13)14-4-5-14/h6-7,12-14,17H,4-5,8-9H2,1-3H3. The number of hydrogen-bond acceptors (Lipinski definition) is 4. The lowest BCUT2D eigenvalue weighted by Crippen LogP contribution is -2.31. The van der Waals surface area contributed by atoms with Gasteiger partial charge in [-0.3, -0.25) is 15.0 Å². The number of nitro groups is 1. The molecule has 1 saturated heterocycles. The van der Waals surface area contributed by atoms with Crippen LogP contribution < -0.4 is 5.32 Å². The summed E-state index contributed by atoms with van der Waals surface area (Å²) in [6.07, 6.45) is 3.67. The van der Waals surface area contributed by atoms with Gasteiger partial charge in [0.05, 0.1) is 4.92 Å². The summed E-state index contributed by atoms with van der Waals surface area (Å²) in [5.41, 5.74) is 2.91. The van der Waals surface area contributed by atoms with E-state index in [1.807, 2.05) is 19.9 Å². The number of hydrogen-bond donors (Lipinski definition) is 1. The minimum absolute atomic E-state index is 0.190. The maximum atomic E-state index is 11.3. The number of nitro benzene ring substituents is 1. The summed E-state index contributed by atoms with van der Waals surface area (Å²) >= 11 is 0. The van der Waals surface area contributed by atoms with Crippen molar-refractivity contribution >= 4 is 11.4 Å². The lowest BCUT2D eigenvalue weighted by molar-refractivity contribution is -0.384. The highest BCUT2D eigenvalue weighted by molar-refractivity contribution is 5.65. The van der Waals surface area contributed by atoms with Crippen molar-refractivity contribution in [2.24, 2.45) is 0 Å². The molecule has 21 heavy (non-hydrogen) atoms. The number of aryl methyl sites for hydroxylation is 2. The third kappa shape index (κ3) is 2.88. The van der Waals surface area contributed by atoms with Gasteiger partial charge in [-0.05, 0) is 57.2 Å². The van der Waals surface area contributed by atoms with Crippen LogP contribution in [0.4, 0.5) is 11.4 Å². The zero-order valence-corrected chi connectivity index (χ0v) is 12.9. The van der Waals surface area contributed by atoms with Crippen LogP contribution >= 0.6 is 0 Å². The molecular formula is C16H23N3O2. The van der Waals surface area contributed by atoms with E-state index in [-0.39, 0.29) is 10.6 Å². The summed E-state index contributed by atoms with van der Waals surface area (Å²) < 4.78 is 0. The van der Waals surface area contributed by atoms with Crippen molar-refractivity contribution in [1.82, 2.24) is 4.90 Å². The fourth-order valence-corrected chi connectivity index (χ4v) is 3.36. The molecule has 1 saturated carbocycles. The molecule has 1 N–H and O–H groups in total. The smallest absolute Gasteiger partial charge is 0.292 e. The van der Waals surface area contributed by atoms with Crippen LogP contribution in [0.3, 0.4) is 0 Å². The molecule has 0 bridgehead atoms. The molecule has 5 nitrogen and oxygen atoms in total. The Morgan fingerprint density at radius 1 is 1.29 bits per heavy atom. The lowest BCUT2D eigenvalue weighted by atomic mass is 10.1. The number of anilines is 1. The average Bonchev–Trinajstić information content (AvgIpc) is 3.18. The average molecular weight is 289 g/mol. The Labute approximate surface area is 125 Å². The Balaban J connectivity index is 1.78. The van der Waals surface area contributed by atoms with E-state index in [2.05, 4.69) is 17.1 Å². The summed E-state index contributed by atoms with van der Waals surface area (Å²) in [5.74, 6) is 0. The molecule has 114 valence electrons. The fraction of sp³-hybridized carbons (Fsp3) is 0.625. The molecule has 5 heteroatoms. The van der Waals surface area contributed by atoms with Gasteiger partial charge in [0.2, 0.25) is 0 Å². The minimum atomic E-state index is -0.286. The van der Waals surface area contributed by atoms with Crippen molar-refractivity contribution in [2.45, 2.75) is 58.2 Å². The van der Waals surface area contributed by atoms with Crippen LogP contribution in [0.15, 0.2) is 12.1 Å². The first-order valence-corrected chi connectivity index (χ1v) is 7.73. The van der Waals surface area contributed by atoms with Crippen LogP contribution in [0, 0.1) is 24.0 Å². The van der Waals surface area contributed by atoms with E-state index in [9.17, 15) is 10.1 Å². The van der Waals surface area contributed by atoms with E-state index in [0.717, 1.165) is 30.1 Å². The predicted molar refractivity (Wildman–Crippen MR) is 83.8 cm³/mol. The van der Waals surface area contributed by atoms with Gasteiger partial charge in [-0.25, -0.2) is 0 Å². The van der Waals surface area contributed by atoms with E-state index in [1.54, 1.807) is 6.07 Å². The lowest BCUT2D eigenvalue weighted by Gasteiger charge is -2.20. The van der Waals surface area contributed by atoms with Gasteiger partial charge < -0.3 is 5.32 Å². The summed E-state index contributed by atoms with van der Waals surface area (Å²) in [6.45, 7) is 7.17. The molecule has 1 aromatic rings. The van der Waals surface area contributed by atoms with Crippen LogP contribution in [-0.2, 0) is 0 Å². The molecule has 3 rings (SSSR count). The zero-order chi connectivity index (χ0) is 15.1. The number of nitrogens with zero attached hydrogens (tertiary/aromatic N) is 2. The Kier molecular flexibility index (Phi) is 3.61. The molecule has 2 atom stereocenters. The molecule has 0 aromatic heterocycles. The molecule has 2 fully saturated rings. The number of rotatable bonds is 4. The van der Waals surface area contributed by atoms with Gasteiger partial charge in [-0.2, -0.15) is 0 Å². The summed E-state index contributed by atoms with van der Waals surface area (Å²) in [6, 6.07) is 5.22. The maximum absolute atomic E-state index is 11.3. The molecule has 1 heterocycles. The Morgan fingerprint density at radius 2 is 1.95 bits per heavy atom. The van der Waals surface area contributed by atoms with Crippen molar-refractivity contribution in [3.63, 3.8) is 0 Å². The largest absolute Gasteiger partial charge is 0.375 e. The molecule has 1 aliphatic heterocycles. The van der Waals surface area contributed by atoms with Crippen LogP contribution in [0.25, 0.3) is 0 Å². The summed E-state index contributed by atoms with van der Waals surface area (Å²) in [5, 5.41) is 14.7. The van der Waals surface area contributed by atoms with Crippen molar-refractivity contribution < 1.29 is 4.92 Å². The molecule has 0 spiro atoms. The van der Waals surface area contributed by atoms with E-state index in [4.69, 9.17) is 0 Å². The van der Waals surface area contributed by atoms with Gasteiger partial charge in [0.15, 0.2) is 0 Å². The Hall–Kier alpha value is -1.62. The minimum Gasteiger partial charge on any atom is -0.375 e. The summed E-state index contributed by atoms with van der Waals surface area (Å²) in [7, 11) is 0. The second kappa shape index (κ2) is 5.30. The van der Waals surface area contributed by atoms with E-state index in [0.29, 0.717) is 17.8 Å². The maximum Gasteiger partial charge on any atom is 0.292 e. The molecule has 2 aliphatic rings. The SMILES string of the molecule is Cc1cc(NC2CC(C)N(C3CC3)C2)c([N+](=O)[O-])cc1C. The van der Waals surface area contributed by atoms with E-state index >= 15 is 0 Å². The molecular weight excluding hydrogens is 266 g/mol. The molecule has 2 unspecified atom stereocenters. The number of likely N-dealkylation sites (tertiary alicyclic amines) is 1. The first-order chi connectivity index (χ1) is 9.95. The van der Waals surface area contributed by atoms with E-state index in [1.165, 1.54) is 12.8 Å². The molecule has 1 aliphatic carbocycles. The molecule has 0 amide bonds. The Bertz CT molecular complexity index is 569. The van der Waals surface area contributed by atoms with Gasteiger partial charge in [-0.1, -0.05) is 0 Å². The monoisotopic (exact) mass is 289 g/mol. The quantitative estimate of drug-likeness (QED) is 0.683. The van der Waals surface area contributed by atoms with Crippen LogP contribution in [0.2, 0.25) is 0 Å². The van der Waals surface area contributed by atoms with Gasteiger partial charge in [0, 0.05) is 30.7 Å². The number of benzene rings is 1. The van der Waals surface area contributed by atoms with Crippen molar-refractivity contribution in [1.29, 1.82) is 0 Å². The number of nitrogens with one attached hydrogen (secondary N) is 1. The van der Waals surface area contributed by atoms with Crippen LogP contribution in [0.1, 0.15) is 37.3 Å². The Morgan fingerprint density at radius 3 is 2.57 bits per heavy atom. The van der Waals surface area contributed by atoms with Crippen molar-refractivity contribution in [3.05, 3.63) is 33.4 Å². The normalized spacial score (nSPS) is 26.0. The first kappa shape index (κ1) is 14.3. The van der Waals surface area contributed by atoms with E-state index < -0.39 is 0 Å². The summed E-state index contributed by atoms with van der Waals surface area (Å²) in [4.78, 5) is 13.5. The van der Waals surface area contributed by atoms with Crippen LogP contribution in [0.5, 0.6) is 0 Å². The topological polar surface area (TPSA) is 58.4 Å². The van der Waals surface area contributed by atoms with Crippen LogP contribution in [-0.4, -0.2) is 34.5 Å². The van der Waals surface area contributed by atoms with Crippen molar-refractivity contribution in [3.8, 4) is 0 Å². The van der Waals surface area contributed by atoms with Gasteiger partial charge in [-0.15, -0.1) is 0 Å². The van der Waals surface area contributed by atoms with Gasteiger partial charge in [0.25, 0.3) is 5.69 Å². The second-order valence-corrected chi connectivity index (χ2v) is 6.56. The third-order valence-electron chi connectivity index (χ3n) is 4.81. The first-order valence-electron chi connectivity index (χ1n) is 7.73. The molecule has 1 aromatic carbocycles. The third-order valence-corrected chi connectivity index (χ3v) is 4.81. The predicted octanol–water partition coefficient (Wildman–Crippen LogP) is 3.25. The highest BCUT2D eigenvalue weighted by atomic mass is 16.6. The highest BCUT2D eigenvalue weighted by Gasteiger charge is 2.39. The highest BCUT2D eigenvalue weighted by Crippen LogP contribution is 2.35. The zero-order valence-electron chi connectivity index (χ0n) is 12.9. The molecule has 0 radical (unpaired) electrons. The second-order valence-electron chi connectivity index (χ2n) is 6.56. The van der Waals surface area contributed by atoms with Crippen molar-refractivity contribution in [2.75, 3.05) is 11.9 Å².